The van der Waals surface area contributed by atoms with Gasteiger partial charge in [0.1, 0.15) is 17.6 Å². The van der Waals surface area contributed by atoms with Crippen LogP contribution in [0.4, 0.5) is 5.82 Å². The Labute approximate surface area is 208 Å². The first-order chi connectivity index (χ1) is 16.6. The average Bonchev–Trinajstić information content (AvgIpc) is 3.16. The number of aromatic nitrogens is 2. The van der Waals surface area contributed by atoms with Gasteiger partial charge in [0.2, 0.25) is 0 Å². The van der Waals surface area contributed by atoms with E-state index < -0.39 is 42.2 Å². The number of aliphatic hydroxyl groups excluding tert-OH is 1. The fourth-order valence-electron chi connectivity index (χ4n) is 3.23. The number of thioether (sulfide) groups is 1. The lowest BCUT2D eigenvalue weighted by Gasteiger charge is -2.24. The zero-order valence-electron chi connectivity index (χ0n) is 19.8. The molecule has 1 saturated heterocycles. The van der Waals surface area contributed by atoms with Crippen molar-refractivity contribution in [1.29, 1.82) is 0 Å². The Hall–Kier alpha value is -2.37. The molecule has 2 heterocycles. The first kappa shape index (κ1) is 27.2. The molecule has 2 unspecified atom stereocenters. The highest BCUT2D eigenvalue weighted by Gasteiger charge is 2.39. The number of esters is 1. The molecule has 1 fully saturated rings. The van der Waals surface area contributed by atoms with Crippen molar-refractivity contribution in [2.24, 2.45) is 5.92 Å². The summed E-state index contributed by atoms with van der Waals surface area (Å²) in [6.45, 7) is 5.38. The van der Waals surface area contributed by atoms with Crippen LogP contribution in [0.3, 0.4) is 0 Å². The molecular formula is C22H31N4O7PS. The van der Waals surface area contributed by atoms with E-state index in [2.05, 4.69) is 10.1 Å². The Morgan fingerprint density at radius 1 is 1.31 bits per heavy atom. The van der Waals surface area contributed by atoms with Crippen molar-refractivity contribution in [3.8, 4) is 5.75 Å². The van der Waals surface area contributed by atoms with Gasteiger partial charge in [-0.1, -0.05) is 32.0 Å². The van der Waals surface area contributed by atoms with Crippen molar-refractivity contribution < 1.29 is 28.3 Å². The molecule has 4 N–H and O–H groups in total. The number of ether oxygens (including phenoxy) is 1. The molecule has 11 nitrogen and oxygen atoms in total. The molecule has 0 radical (unpaired) electrons. The highest BCUT2D eigenvalue weighted by molar-refractivity contribution is 8.00. The van der Waals surface area contributed by atoms with Crippen LogP contribution in [0, 0.1) is 5.92 Å². The van der Waals surface area contributed by atoms with E-state index in [1.165, 1.54) is 35.5 Å². The summed E-state index contributed by atoms with van der Waals surface area (Å²) in [5, 5.41) is 12.3. The molecule has 0 saturated carbocycles. The van der Waals surface area contributed by atoms with Gasteiger partial charge in [0, 0.05) is 12.6 Å². The van der Waals surface area contributed by atoms with Gasteiger partial charge in [0.25, 0.3) is 0 Å². The van der Waals surface area contributed by atoms with Gasteiger partial charge in [-0.3, -0.25) is 13.9 Å². The number of nitrogen functional groups attached to an aromatic ring is 1. The molecule has 5 atom stereocenters. The molecule has 0 spiro atoms. The number of carbonyl (C=O) groups is 1. The summed E-state index contributed by atoms with van der Waals surface area (Å²) in [6.07, 6.45) is 0.945. The molecule has 2 aromatic rings. The van der Waals surface area contributed by atoms with Crippen molar-refractivity contribution in [3.63, 3.8) is 0 Å². The molecule has 3 rings (SSSR count). The van der Waals surface area contributed by atoms with Gasteiger partial charge in [-0.15, -0.1) is 11.8 Å². The number of rotatable bonds is 11. The number of para-hydroxylation sites is 1. The lowest BCUT2D eigenvalue weighted by molar-refractivity contribution is -0.146. The van der Waals surface area contributed by atoms with Crippen LogP contribution in [0.15, 0.2) is 47.4 Å². The topological polar surface area (TPSA) is 155 Å². The first-order valence-electron chi connectivity index (χ1n) is 11.2. The Kier molecular flexibility index (Phi) is 9.37. The minimum atomic E-state index is -4.06. The molecule has 1 aromatic heterocycles. The second kappa shape index (κ2) is 12.0. The van der Waals surface area contributed by atoms with E-state index in [4.69, 9.17) is 19.5 Å². The number of nitrogens with one attached hydrogen (secondary N) is 1. The van der Waals surface area contributed by atoms with Crippen molar-refractivity contribution in [3.05, 3.63) is 53.1 Å². The third-order valence-electron chi connectivity index (χ3n) is 5.01. The molecule has 1 aliphatic heterocycles. The lowest BCUT2D eigenvalue weighted by atomic mass is 10.2. The summed E-state index contributed by atoms with van der Waals surface area (Å²) in [7, 11) is -4.06. The van der Waals surface area contributed by atoms with Crippen LogP contribution in [0.25, 0.3) is 0 Å². The van der Waals surface area contributed by atoms with Crippen LogP contribution in [0.2, 0.25) is 0 Å². The molecule has 0 bridgehead atoms. The van der Waals surface area contributed by atoms with Crippen molar-refractivity contribution in [2.45, 2.75) is 50.0 Å². The minimum Gasteiger partial charge on any atom is -0.464 e. The summed E-state index contributed by atoms with van der Waals surface area (Å²) >= 11 is 1.29. The van der Waals surface area contributed by atoms with Crippen LogP contribution >= 0.6 is 19.5 Å². The standard InChI is InChI=1S/C22H31N4O7PS/c1-14(2)12-31-21(28)15(3)25-34(30,33-16-7-5-4-6-8-16)32-13-18-17(27)11-20(35-18)26-10-9-19(23)24-22(26)29/h4-10,14-15,17-18,20,27H,11-13H2,1-3H3,(H,25,30)(H2,23,24,29)/t15-,17?,18?,20+,34-/m0/s1. The second-order valence-corrected chi connectivity index (χ2v) is 11.7. The number of hydrogen-bond acceptors (Lipinski definition) is 10. The molecule has 35 heavy (non-hydrogen) atoms. The fraction of sp³-hybridized carbons (Fsp3) is 0.500. The number of nitrogens with two attached hydrogens (primary N) is 1. The van der Waals surface area contributed by atoms with Crippen molar-refractivity contribution in [1.82, 2.24) is 14.6 Å². The lowest BCUT2D eigenvalue weighted by Crippen LogP contribution is -2.36. The zero-order valence-corrected chi connectivity index (χ0v) is 21.5. The van der Waals surface area contributed by atoms with Crippen LogP contribution in [-0.4, -0.2) is 51.2 Å². The number of nitrogens with zero attached hydrogens (tertiary/aromatic N) is 2. The first-order valence-corrected chi connectivity index (χ1v) is 13.7. The molecule has 13 heteroatoms. The number of aliphatic hydroxyl groups is 1. The van der Waals surface area contributed by atoms with Crippen LogP contribution < -0.4 is 21.0 Å². The number of benzene rings is 1. The van der Waals surface area contributed by atoms with Crippen LogP contribution in [0.5, 0.6) is 5.75 Å². The van der Waals surface area contributed by atoms with Crippen LogP contribution in [0.1, 0.15) is 32.6 Å². The Morgan fingerprint density at radius 3 is 2.69 bits per heavy atom. The van der Waals surface area contributed by atoms with E-state index in [1.54, 1.807) is 30.3 Å². The van der Waals surface area contributed by atoms with E-state index in [9.17, 15) is 19.3 Å². The third-order valence-corrected chi connectivity index (χ3v) is 8.19. The summed E-state index contributed by atoms with van der Waals surface area (Å²) in [5.41, 5.74) is 5.03. The maximum atomic E-state index is 13.6. The van der Waals surface area contributed by atoms with Crippen molar-refractivity contribution >= 4 is 31.3 Å². The second-order valence-electron chi connectivity index (χ2n) is 8.55. The van der Waals surface area contributed by atoms with Crippen LogP contribution in [-0.2, 0) is 18.6 Å². The third kappa shape index (κ3) is 7.81. The van der Waals surface area contributed by atoms with E-state index in [-0.39, 0.29) is 37.1 Å². The minimum absolute atomic E-state index is 0.112. The highest BCUT2D eigenvalue weighted by Crippen LogP contribution is 2.48. The monoisotopic (exact) mass is 526 g/mol. The zero-order chi connectivity index (χ0) is 25.6. The Balaban J connectivity index is 1.69. The molecule has 0 amide bonds. The predicted molar refractivity (Wildman–Crippen MR) is 133 cm³/mol. The van der Waals surface area contributed by atoms with Gasteiger partial charge in [0.05, 0.1) is 29.9 Å². The maximum Gasteiger partial charge on any atom is 0.459 e. The summed E-state index contributed by atoms with van der Waals surface area (Å²) in [5.74, 6) is -0.0546. The molecule has 192 valence electrons. The molecule has 1 aromatic carbocycles. The van der Waals surface area contributed by atoms with E-state index >= 15 is 0 Å². The summed E-state index contributed by atoms with van der Waals surface area (Å²) < 4.78 is 31.5. The maximum absolute atomic E-state index is 13.6. The van der Waals surface area contributed by atoms with E-state index in [1.807, 2.05) is 13.8 Å². The summed E-state index contributed by atoms with van der Waals surface area (Å²) in [4.78, 5) is 28.2. The number of anilines is 1. The van der Waals surface area contributed by atoms with E-state index in [0.29, 0.717) is 0 Å². The normalized spacial score (nSPS) is 22.5. The van der Waals surface area contributed by atoms with Gasteiger partial charge in [-0.25, -0.2) is 9.36 Å². The van der Waals surface area contributed by atoms with Gasteiger partial charge >= 0.3 is 19.4 Å². The Bertz CT molecular complexity index is 1100. The smallest absolute Gasteiger partial charge is 0.459 e. The fourth-order valence-corrected chi connectivity index (χ4v) is 6.29. The largest absolute Gasteiger partial charge is 0.464 e. The highest BCUT2D eigenvalue weighted by atomic mass is 32.2. The average molecular weight is 527 g/mol. The number of hydrogen-bond donors (Lipinski definition) is 3. The van der Waals surface area contributed by atoms with Gasteiger partial charge in [-0.05, 0) is 31.0 Å². The quantitative estimate of drug-likeness (QED) is 0.292. The molecular weight excluding hydrogens is 495 g/mol. The van der Waals surface area contributed by atoms with Crippen molar-refractivity contribution in [2.75, 3.05) is 18.9 Å². The predicted octanol–water partition coefficient (Wildman–Crippen LogP) is 2.57. The van der Waals surface area contributed by atoms with Gasteiger partial charge in [-0.2, -0.15) is 10.1 Å². The van der Waals surface area contributed by atoms with Gasteiger partial charge in [0.15, 0.2) is 0 Å². The van der Waals surface area contributed by atoms with Gasteiger partial charge < -0.3 is 20.1 Å². The Morgan fingerprint density at radius 2 is 2.03 bits per heavy atom. The molecule has 0 aliphatic carbocycles. The van der Waals surface area contributed by atoms with E-state index in [0.717, 1.165) is 0 Å². The number of carbonyl (C=O) groups excluding carboxylic acids is 1. The summed E-state index contributed by atoms with van der Waals surface area (Å²) in [6, 6.07) is 8.93. The molecule has 1 aliphatic rings. The SMILES string of the molecule is CC(C)COC(=O)[C@H](C)N[P@](=O)(OCC1S[C@@H](n2ccc(N)nc2=O)CC1O)Oc1ccccc1.